The topological polar surface area (TPSA) is 72.3 Å². The number of carbonyl (C=O) groups excluding carboxylic acids is 1. The second-order valence-corrected chi connectivity index (χ2v) is 8.43. The van der Waals surface area contributed by atoms with Crippen molar-refractivity contribution in [3.8, 4) is 0 Å². The van der Waals surface area contributed by atoms with Gasteiger partial charge < -0.3 is 4.74 Å². The maximum atomic E-state index is 12.4. The largest absolute Gasteiger partial charge is 0.373 e. The highest BCUT2D eigenvalue weighted by Crippen LogP contribution is 2.31. The van der Waals surface area contributed by atoms with Crippen LogP contribution in [-0.4, -0.2) is 44.8 Å². The van der Waals surface area contributed by atoms with E-state index in [-0.39, 0.29) is 12.0 Å². The van der Waals surface area contributed by atoms with Gasteiger partial charge in [0.25, 0.3) is 5.91 Å². The Morgan fingerprint density at radius 2 is 2.20 bits per heavy atom. The van der Waals surface area contributed by atoms with Gasteiger partial charge in [0.2, 0.25) is 0 Å². The van der Waals surface area contributed by atoms with Crippen LogP contribution in [0.4, 0.5) is 5.13 Å². The normalized spacial score (nSPS) is 19.2. The minimum absolute atomic E-state index is 0.0442. The first-order valence-corrected chi connectivity index (χ1v) is 11.1. The van der Waals surface area contributed by atoms with Gasteiger partial charge in [0.1, 0.15) is 0 Å². The van der Waals surface area contributed by atoms with Crippen LogP contribution in [-0.2, 0) is 18.3 Å². The summed E-state index contributed by atoms with van der Waals surface area (Å²) in [7, 11) is 1.95. The molecule has 2 aromatic heterocycles. The Labute approximate surface area is 180 Å². The van der Waals surface area contributed by atoms with Gasteiger partial charge in [0.15, 0.2) is 5.13 Å². The number of aromatic nitrogens is 3. The van der Waals surface area contributed by atoms with Gasteiger partial charge in [-0.1, -0.05) is 19.1 Å². The highest BCUT2D eigenvalue weighted by molar-refractivity contribution is 7.13. The molecule has 8 heteroatoms. The summed E-state index contributed by atoms with van der Waals surface area (Å²) in [6.45, 7) is 4.83. The molecule has 158 valence electrons. The van der Waals surface area contributed by atoms with E-state index in [9.17, 15) is 4.79 Å². The van der Waals surface area contributed by atoms with Crippen molar-refractivity contribution in [1.29, 1.82) is 0 Å². The lowest BCUT2D eigenvalue weighted by molar-refractivity contribution is -0.0295. The molecule has 0 bridgehead atoms. The maximum Gasteiger partial charge on any atom is 0.257 e. The summed E-state index contributed by atoms with van der Waals surface area (Å²) in [6, 6.07) is 8.18. The minimum atomic E-state index is -0.146. The van der Waals surface area contributed by atoms with Gasteiger partial charge in [-0.05, 0) is 37.1 Å². The van der Waals surface area contributed by atoms with Gasteiger partial charge in [-0.2, -0.15) is 5.10 Å². The van der Waals surface area contributed by atoms with Crippen molar-refractivity contribution in [2.24, 2.45) is 7.05 Å². The fraction of sp³-hybridized carbons (Fsp3) is 0.409. The first-order valence-electron chi connectivity index (χ1n) is 10.3. The van der Waals surface area contributed by atoms with Gasteiger partial charge in [0.05, 0.1) is 12.3 Å². The summed E-state index contributed by atoms with van der Waals surface area (Å²) in [6.07, 6.45) is 7.71. The molecule has 1 fully saturated rings. The minimum Gasteiger partial charge on any atom is -0.373 e. The molecule has 1 aliphatic rings. The first kappa shape index (κ1) is 20.7. The van der Waals surface area contributed by atoms with Crippen LogP contribution in [0.15, 0.2) is 48.2 Å². The van der Waals surface area contributed by atoms with Crippen LogP contribution in [0.2, 0.25) is 0 Å². The zero-order chi connectivity index (χ0) is 20.9. The van der Waals surface area contributed by atoms with Crippen molar-refractivity contribution >= 4 is 22.4 Å². The maximum absolute atomic E-state index is 12.4. The molecule has 1 aliphatic heterocycles. The molecule has 0 spiro atoms. The summed E-state index contributed by atoms with van der Waals surface area (Å²) >= 11 is 1.41. The number of amides is 1. The summed E-state index contributed by atoms with van der Waals surface area (Å²) in [4.78, 5) is 19.0. The first-order chi connectivity index (χ1) is 14.6. The van der Waals surface area contributed by atoms with Crippen molar-refractivity contribution in [2.45, 2.75) is 38.5 Å². The molecule has 4 rings (SSSR count). The van der Waals surface area contributed by atoms with E-state index >= 15 is 0 Å². The average Bonchev–Trinajstić information content (AvgIpc) is 3.43. The van der Waals surface area contributed by atoms with Gasteiger partial charge >= 0.3 is 0 Å². The quantitative estimate of drug-likeness (QED) is 0.622. The third-order valence-electron chi connectivity index (χ3n) is 5.52. The van der Waals surface area contributed by atoms with Crippen molar-refractivity contribution in [2.75, 3.05) is 18.5 Å². The number of hydrogen-bond acceptors (Lipinski definition) is 6. The molecular formula is C22H27N5O2S. The Morgan fingerprint density at radius 3 is 2.87 bits per heavy atom. The molecule has 0 unspecified atom stereocenters. The summed E-state index contributed by atoms with van der Waals surface area (Å²) in [5.74, 6) is -0.146. The van der Waals surface area contributed by atoms with Gasteiger partial charge in [-0.3, -0.25) is 19.7 Å². The number of anilines is 1. The smallest absolute Gasteiger partial charge is 0.257 e. The number of hydrogen-bond donors (Lipinski definition) is 1. The lowest BCUT2D eigenvalue weighted by Crippen LogP contribution is -2.39. The third kappa shape index (κ3) is 4.95. The SMILES string of the molecule is CCN(Cc1cnn(C)c1)[C@@H]1CCO[C@H](c2ccc(C(=O)Nc3nccs3)cc2)C1. The summed E-state index contributed by atoms with van der Waals surface area (Å²) in [5.41, 5.74) is 2.97. The molecule has 1 amide bonds. The van der Waals surface area contributed by atoms with Gasteiger partial charge in [-0.25, -0.2) is 4.98 Å². The van der Waals surface area contributed by atoms with Crippen LogP contribution in [0.25, 0.3) is 0 Å². The lowest BCUT2D eigenvalue weighted by Gasteiger charge is -2.37. The van der Waals surface area contributed by atoms with E-state index in [0.29, 0.717) is 16.7 Å². The van der Waals surface area contributed by atoms with Gasteiger partial charge in [-0.15, -0.1) is 11.3 Å². The van der Waals surface area contributed by atoms with E-state index in [1.165, 1.54) is 16.9 Å². The molecule has 1 aromatic carbocycles. The zero-order valence-electron chi connectivity index (χ0n) is 17.3. The van der Waals surface area contributed by atoms with E-state index in [2.05, 4.69) is 33.4 Å². The molecule has 0 aliphatic carbocycles. The third-order valence-corrected chi connectivity index (χ3v) is 6.21. The number of ether oxygens (including phenoxy) is 1. The molecule has 0 saturated carbocycles. The molecule has 2 atom stereocenters. The van der Waals surface area contributed by atoms with Crippen molar-refractivity contribution in [3.63, 3.8) is 0 Å². The number of thiazole rings is 1. The second kappa shape index (κ2) is 9.51. The second-order valence-electron chi connectivity index (χ2n) is 7.54. The summed E-state index contributed by atoms with van der Waals surface area (Å²) in [5, 5.41) is 9.55. The highest BCUT2D eigenvalue weighted by atomic mass is 32.1. The molecular weight excluding hydrogens is 398 g/mol. The van der Waals surface area contributed by atoms with E-state index < -0.39 is 0 Å². The number of aryl methyl sites for hydroxylation is 1. The van der Waals surface area contributed by atoms with Crippen molar-refractivity contribution in [1.82, 2.24) is 19.7 Å². The number of benzene rings is 1. The highest BCUT2D eigenvalue weighted by Gasteiger charge is 2.28. The molecule has 30 heavy (non-hydrogen) atoms. The lowest BCUT2D eigenvalue weighted by atomic mass is 9.95. The predicted molar refractivity (Wildman–Crippen MR) is 118 cm³/mol. The van der Waals surface area contributed by atoms with Crippen LogP contribution in [0, 0.1) is 0 Å². The Bertz CT molecular complexity index is 954. The number of rotatable bonds is 7. The Morgan fingerprint density at radius 1 is 1.37 bits per heavy atom. The monoisotopic (exact) mass is 425 g/mol. The van der Waals surface area contributed by atoms with Crippen LogP contribution >= 0.6 is 11.3 Å². The summed E-state index contributed by atoms with van der Waals surface area (Å²) < 4.78 is 7.93. The van der Waals surface area contributed by atoms with E-state index in [1.54, 1.807) is 6.20 Å². The predicted octanol–water partition coefficient (Wildman–Crippen LogP) is 3.87. The molecule has 1 saturated heterocycles. The number of carbonyl (C=O) groups is 1. The van der Waals surface area contributed by atoms with E-state index in [0.717, 1.165) is 38.1 Å². The molecule has 0 radical (unpaired) electrons. The van der Waals surface area contributed by atoms with Gasteiger partial charge in [0, 0.05) is 55.1 Å². The van der Waals surface area contributed by atoms with Crippen LogP contribution in [0.1, 0.15) is 47.4 Å². The molecule has 3 heterocycles. The average molecular weight is 426 g/mol. The van der Waals surface area contributed by atoms with Crippen molar-refractivity contribution < 1.29 is 9.53 Å². The van der Waals surface area contributed by atoms with Crippen molar-refractivity contribution in [3.05, 3.63) is 64.9 Å². The number of nitrogens with zero attached hydrogens (tertiary/aromatic N) is 4. The zero-order valence-corrected chi connectivity index (χ0v) is 18.1. The van der Waals surface area contributed by atoms with Crippen LogP contribution in [0.3, 0.4) is 0 Å². The van der Waals surface area contributed by atoms with Crippen LogP contribution < -0.4 is 5.32 Å². The number of nitrogens with one attached hydrogen (secondary N) is 1. The van der Waals surface area contributed by atoms with Crippen LogP contribution in [0.5, 0.6) is 0 Å². The standard InChI is InChI=1S/C22H27N5O2S/c1-3-27(15-16-13-24-26(2)14-16)19-8-10-29-20(12-19)17-4-6-18(7-5-17)21(28)25-22-23-9-11-30-22/h4-7,9,11,13-14,19-20H,3,8,10,12,15H2,1-2H3,(H,23,25,28)/t19-,20+/m1/s1. The van der Waals surface area contributed by atoms with E-state index in [4.69, 9.17) is 4.74 Å². The Hall–Kier alpha value is -2.55. The fourth-order valence-electron chi connectivity index (χ4n) is 3.93. The Kier molecular flexibility index (Phi) is 6.56. The Balaban J connectivity index is 1.39. The molecule has 7 nitrogen and oxygen atoms in total. The van der Waals surface area contributed by atoms with E-state index in [1.807, 2.05) is 47.6 Å². The fourth-order valence-corrected chi connectivity index (χ4v) is 4.46. The molecule has 3 aromatic rings. The molecule has 1 N–H and O–H groups in total.